The molecule has 70 valence electrons. The molecule has 0 unspecified atom stereocenters. The molecule has 13 heavy (non-hydrogen) atoms. The Labute approximate surface area is 91.2 Å². The van der Waals surface area contributed by atoms with Gasteiger partial charge in [-0.05, 0) is 24.4 Å². The van der Waals surface area contributed by atoms with Crippen LogP contribution in [0.3, 0.4) is 0 Å². The zero-order chi connectivity index (χ0) is 9.84. The smallest absolute Gasteiger partial charge is 0.182 e. The van der Waals surface area contributed by atoms with Gasteiger partial charge in [0.1, 0.15) is 0 Å². The van der Waals surface area contributed by atoms with E-state index >= 15 is 0 Å². The molecule has 0 aromatic heterocycles. The summed E-state index contributed by atoms with van der Waals surface area (Å²) in [6.07, 6.45) is 0. The Hall–Kier alpha value is -0.710. The molecule has 0 saturated carbocycles. The highest BCUT2D eigenvalue weighted by molar-refractivity contribution is 7.80. The Bertz CT molecular complexity index is 330. The molecule has 0 radical (unpaired) electrons. The third kappa shape index (κ3) is 2.91. The minimum Gasteiger partial charge on any atom is -0.375 e. The second kappa shape index (κ2) is 4.50. The Kier molecular flexibility index (Phi) is 3.59. The van der Waals surface area contributed by atoms with Gasteiger partial charge in [0.25, 0.3) is 0 Å². The van der Waals surface area contributed by atoms with Crippen LogP contribution >= 0.6 is 35.4 Å². The van der Waals surface area contributed by atoms with E-state index in [0.29, 0.717) is 15.7 Å². The Balaban J connectivity index is 2.77. The summed E-state index contributed by atoms with van der Waals surface area (Å²) >= 11 is 16.2. The zero-order valence-electron chi connectivity index (χ0n) is 6.47. The van der Waals surface area contributed by atoms with Crippen LogP contribution in [0.15, 0.2) is 18.2 Å². The van der Waals surface area contributed by atoms with Crippen LogP contribution < -0.4 is 16.6 Å². The van der Waals surface area contributed by atoms with E-state index in [4.69, 9.17) is 28.9 Å². The fourth-order valence-corrected chi connectivity index (χ4v) is 1.13. The third-order valence-electron chi connectivity index (χ3n) is 1.27. The maximum absolute atomic E-state index is 5.86. The minimum absolute atomic E-state index is 0.135. The predicted octanol–water partition coefficient (Wildman–Crippen LogP) is 2.15. The Morgan fingerprint density at radius 1 is 1.38 bits per heavy atom. The van der Waals surface area contributed by atoms with Gasteiger partial charge in [0.15, 0.2) is 5.11 Å². The van der Waals surface area contributed by atoms with E-state index in [1.165, 1.54) is 0 Å². The van der Waals surface area contributed by atoms with Crippen molar-refractivity contribution < 1.29 is 0 Å². The molecular formula is C7H7Cl2N3S. The lowest BCUT2D eigenvalue weighted by molar-refractivity contribution is 1.13. The molecule has 0 bridgehead atoms. The van der Waals surface area contributed by atoms with Gasteiger partial charge < -0.3 is 5.73 Å². The molecular weight excluding hydrogens is 229 g/mol. The van der Waals surface area contributed by atoms with Gasteiger partial charge in [-0.2, -0.15) is 0 Å². The number of hydrogen-bond donors (Lipinski definition) is 3. The van der Waals surface area contributed by atoms with Crippen molar-refractivity contribution >= 4 is 46.2 Å². The quantitative estimate of drug-likeness (QED) is 0.544. The maximum atomic E-state index is 5.86. The molecule has 0 atom stereocenters. The molecule has 1 rings (SSSR count). The first-order chi connectivity index (χ1) is 6.11. The molecule has 0 saturated heterocycles. The van der Waals surface area contributed by atoms with E-state index in [1.54, 1.807) is 18.2 Å². The van der Waals surface area contributed by atoms with Crippen LogP contribution in [0.25, 0.3) is 0 Å². The van der Waals surface area contributed by atoms with Crippen molar-refractivity contribution in [3.05, 3.63) is 28.2 Å². The van der Waals surface area contributed by atoms with Crippen LogP contribution in [0.2, 0.25) is 10.0 Å². The zero-order valence-corrected chi connectivity index (χ0v) is 8.80. The molecule has 4 N–H and O–H groups in total. The lowest BCUT2D eigenvalue weighted by atomic mass is 10.3. The molecule has 1 aromatic rings. The number of halogens is 2. The third-order valence-corrected chi connectivity index (χ3v) is 2.19. The summed E-state index contributed by atoms with van der Waals surface area (Å²) in [5, 5.41) is 1.03. The molecule has 0 aliphatic heterocycles. The number of hydrazine groups is 1. The molecule has 0 amide bonds. The number of nitrogens with one attached hydrogen (secondary N) is 2. The van der Waals surface area contributed by atoms with Crippen molar-refractivity contribution in [2.75, 3.05) is 5.43 Å². The molecule has 0 aliphatic carbocycles. The highest BCUT2D eigenvalue weighted by Gasteiger charge is 2.02. The summed E-state index contributed by atoms with van der Waals surface area (Å²) in [5.41, 5.74) is 11.1. The fraction of sp³-hybridized carbons (Fsp3) is 0. The van der Waals surface area contributed by atoms with E-state index < -0.39 is 0 Å². The first kappa shape index (κ1) is 10.4. The Morgan fingerprint density at radius 2 is 2.08 bits per heavy atom. The lowest BCUT2D eigenvalue weighted by Gasteiger charge is -2.09. The average molecular weight is 236 g/mol. The molecule has 0 spiro atoms. The van der Waals surface area contributed by atoms with Crippen molar-refractivity contribution in [2.24, 2.45) is 5.73 Å². The van der Waals surface area contributed by atoms with Gasteiger partial charge >= 0.3 is 0 Å². The number of anilines is 1. The van der Waals surface area contributed by atoms with Gasteiger partial charge in [-0.25, -0.2) is 0 Å². The predicted molar refractivity (Wildman–Crippen MR) is 60.0 cm³/mol. The summed E-state index contributed by atoms with van der Waals surface area (Å²) < 4.78 is 0. The number of hydrogen-bond acceptors (Lipinski definition) is 2. The summed E-state index contributed by atoms with van der Waals surface area (Å²) in [4.78, 5) is 0. The van der Waals surface area contributed by atoms with E-state index in [0.717, 1.165) is 0 Å². The van der Waals surface area contributed by atoms with Crippen LogP contribution in [0.1, 0.15) is 0 Å². The van der Waals surface area contributed by atoms with Crippen molar-refractivity contribution in [3.8, 4) is 0 Å². The lowest BCUT2D eigenvalue weighted by Crippen LogP contribution is -2.34. The minimum atomic E-state index is 0.135. The topological polar surface area (TPSA) is 50.1 Å². The van der Waals surface area contributed by atoms with Gasteiger partial charge in [0.05, 0.1) is 15.7 Å². The highest BCUT2D eigenvalue weighted by Crippen LogP contribution is 2.28. The number of nitrogens with two attached hydrogens (primary N) is 1. The van der Waals surface area contributed by atoms with E-state index in [9.17, 15) is 0 Å². The number of rotatable bonds is 2. The summed E-state index contributed by atoms with van der Waals surface area (Å²) in [5.74, 6) is 0. The van der Waals surface area contributed by atoms with Crippen molar-refractivity contribution in [1.82, 2.24) is 5.43 Å². The standard InChI is InChI=1S/C7H7Cl2N3S/c8-4-2-1-3-5(6(4)9)11-12-7(10)13/h1-3,11H,(H3,10,12,13). The van der Waals surface area contributed by atoms with Crippen molar-refractivity contribution in [2.45, 2.75) is 0 Å². The molecule has 1 aromatic carbocycles. The van der Waals surface area contributed by atoms with Crippen molar-refractivity contribution in [1.29, 1.82) is 0 Å². The normalized spacial score (nSPS) is 9.38. The number of thiocarbonyl (C=S) groups is 1. The molecule has 6 heteroatoms. The first-order valence-electron chi connectivity index (χ1n) is 3.36. The maximum Gasteiger partial charge on any atom is 0.182 e. The van der Waals surface area contributed by atoms with Crippen molar-refractivity contribution in [3.63, 3.8) is 0 Å². The van der Waals surface area contributed by atoms with Crippen LogP contribution in [-0.2, 0) is 0 Å². The van der Waals surface area contributed by atoms with Crippen LogP contribution in [-0.4, -0.2) is 5.11 Å². The second-order valence-electron chi connectivity index (χ2n) is 2.22. The van der Waals surface area contributed by atoms with Gasteiger partial charge in [-0.15, -0.1) is 0 Å². The van der Waals surface area contributed by atoms with Gasteiger partial charge in [0, 0.05) is 0 Å². The summed E-state index contributed by atoms with van der Waals surface area (Å²) in [6, 6.07) is 5.20. The largest absolute Gasteiger partial charge is 0.375 e. The van der Waals surface area contributed by atoms with E-state index in [1.807, 2.05) is 0 Å². The summed E-state index contributed by atoms with van der Waals surface area (Å²) in [7, 11) is 0. The molecule has 0 aliphatic rings. The fourth-order valence-electron chi connectivity index (χ4n) is 0.729. The SMILES string of the molecule is NC(=S)NNc1cccc(Cl)c1Cl. The van der Waals surface area contributed by atoms with E-state index in [2.05, 4.69) is 23.1 Å². The monoisotopic (exact) mass is 235 g/mol. The molecule has 3 nitrogen and oxygen atoms in total. The van der Waals surface area contributed by atoms with Gasteiger partial charge in [-0.1, -0.05) is 29.3 Å². The van der Waals surface area contributed by atoms with E-state index in [-0.39, 0.29) is 5.11 Å². The van der Waals surface area contributed by atoms with Gasteiger partial charge in [-0.3, -0.25) is 10.9 Å². The summed E-state index contributed by atoms with van der Waals surface area (Å²) in [6.45, 7) is 0. The van der Waals surface area contributed by atoms with Crippen LogP contribution in [0.4, 0.5) is 5.69 Å². The first-order valence-corrected chi connectivity index (χ1v) is 4.53. The average Bonchev–Trinajstić information content (AvgIpc) is 2.07. The van der Waals surface area contributed by atoms with Crippen LogP contribution in [0.5, 0.6) is 0 Å². The highest BCUT2D eigenvalue weighted by atomic mass is 35.5. The second-order valence-corrected chi connectivity index (χ2v) is 3.44. The van der Waals surface area contributed by atoms with Gasteiger partial charge in [0.2, 0.25) is 0 Å². The number of benzene rings is 1. The Morgan fingerprint density at radius 3 is 2.69 bits per heavy atom. The molecule has 0 heterocycles. The van der Waals surface area contributed by atoms with Crippen LogP contribution in [0, 0.1) is 0 Å². The molecule has 0 fully saturated rings.